The molecule has 0 aromatic carbocycles. The van der Waals surface area contributed by atoms with Gasteiger partial charge in [0, 0.05) is 32.1 Å². The average molecular weight is 251 g/mol. The molecule has 5 heteroatoms. The summed E-state index contributed by atoms with van der Waals surface area (Å²) >= 11 is 5.19. The van der Waals surface area contributed by atoms with Gasteiger partial charge in [-0.3, -0.25) is 4.98 Å². The summed E-state index contributed by atoms with van der Waals surface area (Å²) in [5.74, 6) is 0. The highest BCUT2D eigenvalue weighted by Gasteiger charge is 2.14. The van der Waals surface area contributed by atoms with Gasteiger partial charge in [-0.25, -0.2) is 0 Å². The van der Waals surface area contributed by atoms with Gasteiger partial charge in [-0.05, 0) is 36.7 Å². The van der Waals surface area contributed by atoms with Crippen molar-refractivity contribution in [3.8, 4) is 0 Å². The predicted octanol–water partition coefficient (Wildman–Crippen LogP) is 1.22. The lowest BCUT2D eigenvalue weighted by atomic mass is 10.2. The average Bonchev–Trinajstić information content (AvgIpc) is 2.88. The Hall–Kier alpha value is -1.20. The number of nitrogens with zero attached hydrogens (tertiary/aromatic N) is 1. The van der Waals surface area contributed by atoms with Gasteiger partial charge < -0.3 is 15.4 Å². The first kappa shape index (κ1) is 12.3. The molecule has 2 heterocycles. The summed E-state index contributed by atoms with van der Waals surface area (Å²) in [6.07, 6.45) is 6.18. The number of hydrogen-bond acceptors (Lipinski definition) is 3. The van der Waals surface area contributed by atoms with Gasteiger partial charge in [-0.1, -0.05) is 6.07 Å². The molecule has 1 atom stereocenters. The second-order valence-corrected chi connectivity index (χ2v) is 4.47. The molecule has 1 aliphatic heterocycles. The summed E-state index contributed by atoms with van der Waals surface area (Å²) in [6.45, 7) is 2.37. The van der Waals surface area contributed by atoms with Crippen molar-refractivity contribution in [2.45, 2.75) is 25.5 Å². The largest absolute Gasteiger partial charge is 0.376 e. The van der Waals surface area contributed by atoms with E-state index in [1.165, 1.54) is 0 Å². The zero-order valence-corrected chi connectivity index (χ0v) is 10.5. The molecule has 4 nitrogen and oxygen atoms in total. The topological polar surface area (TPSA) is 46.2 Å². The van der Waals surface area contributed by atoms with Crippen LogP contribution >= 0.6 is 12.2 Å². The highest BCUT2D eigenvalue weighted by atomic mass is 32.1. The third-order valence-corrected chi connectivity index (χ3v) is 2.98. The van der Waals surface area contributed by atoms with Crippen molar-refractivity contribution in [2.24, 2.45) is 0 Å². The number of rotatable bonds is 4. The van der Waals surface area contributed by atoms with Gasteiger partial charge in [0.2, 0.25) is 0 Å². The molecule has 0 saturated carbocycles. The molecule has 1 saturated heterocycles. The molecular weight excluding hydrogens is 234 g/mol. The lowest BCUT2D eigenvalue weighted by Gasteiger charge is -2.13. The fourth-order valence-corrected chi connectivity index (χ4v) is 1.91. The third kappa shape index (κ3) is 4.28. The van der Waals surface area contributed by atoms with Crippen molar-refractivity contribution < 1.29 is 4.74 Å². The Morgan fingerprint density at radius 2 is 2.47 bits per heavy atom. The molecule has 92 valence electrons. The van der Waals surface area contributed by atoms with Crippen molar-refractivity contribution in [1.29, 1.82) is 0 Å². The smallest absolute Gasteiger partial charge is 0.166 e. The molecule has 2 N–H and O–H groups in total. The maximum absolute atomic E-state index is 5.51. The number of thiocarbonyl (C=S) groups is 1. The standard InChI is InChI=1S/C12H17N3OS/c17-12(15-9-11-4-2-6-16-11)14-8-10-3-1-5-13-7-10/h1,3,5,7,11H,2,4,6,8-9H2,(H2,14,15,17)/t11-/m1/s1. The molecule has 2 rings (SSSR count). The minimum absolute atomic E-state index is 0.313. The monoisotopic (exact) mass is 251 g/mol. The number of pyridine rings is 1. The maximum Gasteiger partial charge on any atom is 0.166 e. The van der Waals surface area contributed by atoms with Crippen LogP contribution in [0.5, 0.6) is 0 Å². The fraction of sp³-hybridized carbons (Fsp3) is 0.500. The van der Waals surface area contributed by atoms with Gasteiger partial charge >= 0.3 is 0 Å². The van der Waals surface area contributed by atoms with Crippen LogP contribution < -0.4 is 10.6 Å². The van der Waals surface area contributed by atoms with Crippen molar-refractivity contribution in [1.82, 2.24) is 15.6 Å². The first-order valence-electron chi connectivity index (χ1n) is 5.87. The molecule has 1 aliphatic rings. The van der Waals surface area contributed by atoms with E-state index in [2.05, 4.69) is 15.6 Å². The Bertz CT molecular complexity index is 352. The first-order valence-corrected chi connectivity index (χ1v) is 6.27. The quantitative estimate of drug-likeness (QED) is 0.788. The van der Waals surface area contributed by atoms with Crippen LogP contribution in [0.3, 0.4) is 0 Å². The van der Waals surface area contributed by atoms with Gasteiger partial charge in [0.25, 0.3) is 0 Å². The Morgan fingerprint density at radius 3 is 3.18 bits per heavy atom. The van der Waals surface area contributed by atoms with Crippen LogP contribution in [0.2, 0.25) is 0 Å². The summed E-state index contributed by atoms with van der Waals surface area (Å²) in [5, 5.41) is 6.99. The molecule has 17 heavy (non-hydrogen) atoms. The summed E-state index contributed by atoms with van der Waals surface area (Å²) in [7, 11) is 0. The lowest BCUT2D eigenvalue weighted by Crippen LogP contribution is -2.39. The highest BCUT2D eigenvalue weighted by molar-refractivity contribution is 7.80. The number of ether oxygens (including phenoxy) is 1. The Labute approximate surface area is 107 Å². The Balaban J connectivity index is 1.64. The molecule has 0 aliphatic carbocycles. The van der Waals surface area contributed by atoms with E-state index in [0.29, 0.717) is 17.8 Å². The molecular formula is C12H17N3OS. The van der Waals surface area contributed by atoms with Crippen molar-refractivity contribution >= 4 is 17.3 Å². The van der Waals surface area contributed by atoms with Crippen molar-refractivity contribution in [3.63, 3.8) is 0 Å². The molecule has 0 amide bonds. The Morgan fingerprint density at radius 1 is 1.53 bits per heavy atom. The lowest BCUT2D eigenvalue weighted by molar-refractivity contribution is 0.114. The van der Waals surface area contributed by atoms with Gasteiger partial charge in [0.05, 0.1) is 6.10 Å². The summed E-state index contributed by atoms with van der Waals surface area (Å²) in [5.41, 5.74) is 1.12. The zero-order valence-electron chi connectivity index (χ0n) is 9.69. The minimum atomic E-state index is 0.313. The van der Waals surface area contributed by atoms with Gasteiger partial charge in [0.15, 0.2) is 5.11 Å². The van der Waals surface area contributed by atoms with Gasteiger partial charge in [-0.15, -0.1) is 0 Å². The summed E-state index contributed by atoms with van der Waals surface area (Å²) in [6, 6.07) is 3.93. The molecule has 1 fully saturated rings. The normalized spacial score (nSPS) is 18.9. The number of nitrogens with one attached hydrogen (secondary N) is 2. The SMILES string of the molecule is S=C(NCc1cccnc1)NC[C@H]1CCCO1. The number of aromatic nitrogens is 1. The minimum Gasteiger partial charge on any atom is -0.376 e. The summed E-state index contributed by atoms with van der Waals surface area (Å²) < 4.78 is 5.51. The third-order valence-electron chi connectivity index (χ3n) is 2.69. The van der Waals surface area contributed by atoms with E-state index in [4.69, 9.17) is 17.0 Å². The second kappa shape index (κ2) is 6.51. The van der Waals surface area contributed by atoms with Crippen LogP contribution in [0.15, 0.2) is 24.5 Å². The molecule has 0 radical (unpaired) electrons. The van der Waals surface area contributed by atoms with Crippen LogP contribution in [0.4, 0.5) is 0 Å². The van der Waals surface area contributed by atoms with Crippen molar-refractivity contribution in [3.05, 3.63) is 30.1 Å². The van der Waals surface area contributed by atoms with Gasteiger partial charge in [0.1, 0.15) is 0 Å². The van der Waals surface area contributed by atoms with Crippen molar-refractivity contribution in [2.75, 3.05) is 13.2 Å². The second-order valence-electron chi connectivity index (χ2n) is 4.06. The number of hydrogen-bond donors (Lipinski definition) is 2. The summed E-state index contributed by atoms with van der Waals surface area (Å²) in [4.78, 5) is 4.05. The van der Waals surface area contributed by atoms with Crippen LogP contribution in [0, 0.1) is 0 Å². The Kier molecular flexibility index (Phi) is 4.70. The van der Waals surface area contributed by atoms with E-state index >= 15 is 0 Å². The van der Waals surface area contributed by atoms with E-state index < -0.39 is 0 Å². The van der Waals surface area contributed by atoms with E-state index in [1.54, 1.807) is 6.20 Å². The maximum atomic E-state index is 5.51. The molecule has 0 unspecified atom stereocenters. The zero-order chi connectivity index (χ0) is 11.9. The molecule has 1 aromatic rings. The van der Waals surface area contributed by atoms with Crippen LogP contribution in [-0.4, -0.2) is 29.4 Å². The van der Waals surface area contributed by atoms with Crippen LogP contribution in [-0.2, 0) is 11.3 Å². The van der Waals surface area contributed by atoms with E-state index in [9.17, 15) is 0 Å². The van der Waals surface area contributed by atoms with Gasteiger partial charge in [-0.2, -0.15) is 0 Å². The molecule has 0 bridgehead atoms. The molecule has 1 aromatic heterocycles. The van der Waals surface area contributed by atoms with E-state index in [0.717, 1.165) is 31.6 Å². The van der Waals surface area contributed by atoms with E-state index in [1.807, 2.05) is 18.3 Å². The van der Waals surface area contributed by atoms with E-state index in [-0.39, 0.29) is 0 Å². The van der Waals surface area contributed by atoms with Crippen LogP contribution in [0.1, 0.15) is 18.4 Å². The van der Waals surface area contributed by atoms with Crippen LogP contribution in [0.25, 0.3) is 0 Å². The predicted molar refractivity (Wildman–Crippen MR) is 70.7 cm³/mol. The fourth-order valence-electron chi connectivity index (χ4n) is 1.76. The highest BCUT2D eigenvalue weighted by Crippen LogP contribution is 2.10. The first-order chi connectivity index (χ1) is 8.34. The molecule has 0 spiro atoms.